The molecule has 0 fully saturated rings. The fourth-order valence-corrected chi connectivity index (χ4v) is 4.29. The Kier molecular flexibility index (Phi) is 3.98. The zero-order valence-corrected chi connectivity index (χ0v) is 17.5. The van der Waals surface area contributed by atoms with Crippen LogP contribution in [0.2, 0.25) is 0 Å². The van der Waals surface area contributed by atoms with Crippen molar-refractivity contribution >= 4 is 34.8 Å². The second-order valence-corrected chi connectivity index (χ2v) is 9.16. The maximum atomic E-state index is 3.60. The summed E-state index contributed by atoms with van der Waals surface area (Å²) in [6, 6.07) is 22.2. The first-order valence-corrected chi connectivity index (χ1v) is 10.4. The first-order chi connectivity index (χ1) is 13.9. The van der Waals surface area contributed by atoms with Crippen molar-refractivity contribution in [2.24, 2.45) is 5.41 Å². The zero-order valence-electron chi connectivity index (χ0n) is 17.5. The first-order valence-electron chi connectivity index (χ1n) is 10.4. The molecule has 142 valence electrons. The largest absolute Gasteiger partial charge is 0.200 e. The molecule has 1 heterocycles. The minimum atomic E-state index is 0.158. The Labute approximate surface area is 172 Å². The Hall–Kier alpha value is -3.15. The fourth-order valence-electron chi connectivity index (χ4n) is 4.29. The van der Waals surface area contributed by atoms with Gasteiger partial charge < -0.3 is 0 Å². The van der Waals surface area contributed by atoms with E-state index in [4.69, 9.17) is 0 Å². The smallest absolute Gasteiger partial charge is 0.184 e. The Balaban J connectivity index is 1.99. The molecular weight excluding hydrogens is 350 g/mol. The van der Waals surface area contributed by atoms with Crippen molar-refractivity contribution in [3.63, 3.8) is 0 Å². The molecular formula is C28H26N+. The Morgan fingerprint density at radius 3 is 2.48 bits per heavy atom. The van der Waals surface area contributed by atoms with Crippen LogP contribution in [-0.2, 0) is 0 Å². The number of allylic oxidation sites excluding steroid dienone is 1. The van der Waals surface area contributed by atoms with Gasteiger partial charge in [0, 0.05) is 21.4 Å². The van der Waals surface area contributed by atoms with Crippen LogP contribution < -0.4 is 10.4 Å². The number of hydrogen-bond donors (Lipinski definition) is 0. The predicted molar refractivity (Wildman–Crippen MR) is 123 cm³/mol. The van der Waals surface area contributed by atoms with E-state index < -0.39 is 0 Å². The van der Waals surface area contributed by atoms with Gasteiger partial charge in [-0.2, -0.15) is 0 Å². The van der Waals surface area contributed by atoms with Crippen molar-refractivity contribution in [1.29, 1.82) is 0 Å². The van der Waals surface area contributed by atoms with Crippen LogP contribution in [0, 0.1) is 5.41 Å². The molecule has 0 aromatic heterocycles. The monoisotopic (exact) mass is 376 g/mol. The van der Waals surface area contributed by atoms with Gasteiger partial charge in [0.1, 0.15) is 0 Å². The lowest BCUT2D eigenvalue weighted by atomic mass is 9.87. The lowest BCUT2D eigenvalue weighted by Gasteiger charge is -2.23. The summed E-state index contributed by atoms with van der Waals surface area (Å²) in [5, 5.41) is 5.15. The van der Waals surface area contributed by atoms with E-state index >= 15 is 0 Å². The number of hydrogen-bond acceptors (Lipinski definition) is 0. The van der Waals surface area contributed by atoms with Crippen molar-refractivity contribution in [2.75, 3.05) is 0 Å². The van der Waals surface area contributed by atoms with Crippen LogP contribution in [0.25, 0.3) is 28.6 Å². The number of rotatable bonds is 1. The van der Waals surface area contributed by atoms with Gasteiger partial charge in [0.15, 0.2) is 18.5 Å². The van der Waals surface area contributed by atoms with E-state index in [1.54, 1.807) is 0 Å². The van der Waals surface area contributed by atoms with Gasteiger partial charge in [-0.05, 0) is 41.0 Å². The van der Waals surface area contributed by atoms with Crippen molar-refractivity contribution < 1.29 is 4.58 Å². The molecule has 0 saturated heterocycles. The van der Waals surface area contributed by atoms with Gasteiger partial charge in [-0.25, -0.2) is 4.58 Å². The van der Waals surface area contributed by atoms with E-state index in [0.717, 1.165) is 5.57 Å². The van der Waals surface area contributed by atoms with Crippen molar-refractivity contribution in [1.82, 2.24) is 0 Å². The molecule has 1 aliphatic carbocycles. The topological polar surface area (TPSA) is 3.01 Å². The van der Waals surface area contributed by atoms with Crippen LogP contribution in [0.1, 0.15) is 38.8 Å². The van der Waals surface area contributed by atoms with E-state index in [9.17, 15) is 0 Å². The molecule has 0 radical (unpaired) electrons. The van der Waals surface area contributed by atoms with Crippen LogP contribution in [0.3, 0.4) is 0 Å². The second-order valence-electron chi connectivity index (χ2n) is 9.16. The molecule has 0 amide bonds. The maximum absolute atomic E-state index is 3.60. The second kappa shape index (κ2) is 6.44. The number of benzene rings is 3. The van der Waals surface area contributed by atoms with Crippen molar-refractivity contribution in [3.8, 4) is 0 Å². The lowest BCUT2D eigenvalue weighted by Crippen LogP contribution is -2.35. The third-order valence-corrected chi connectivity index (χ3v) is 6.36. The van der Waals surface area contributed by atoms with E-state index in [-0.39, 0.29) is 5.41 Å². The Bertz CT molecular complexity index is 1370. The molecule has 0 saturated carbocycles. The average molecular weight is 377 g/mol. The number of nitrogens with zero attached hydrogens (tertiary/aromatic N) is 1. The van der Waals surface area contributed by atoms with Gasteiger partial charge in [0.2, 0.25) is 0 Å². The molecule has 3 aromatic carbocycles. The Morgan fingerprint density at radius 1 is 0.897 bits per heavy atom. The molecule has 1 aliphatic heterocycles. The summed E-state index contributed by atoms with van der Waals surface area (Å²) in [7, 11) is 0. The van der Waals surface area contributed by atoms with Gasteiger partial charge >= 0.3 is 0 Å². The first kappa shape index (κ1) is 17.9. The molecule has 29 heavy (non-hydrogen) atoms. The van der Waals surface area contributed by atoms with Gasteiger partial charge in [-0.3, -0.25) is 0 Å². The van der Waals surface area contributed by atoms with E-state index in [1.165, 1.54) is 37.9 Å². The molecule has 2 aliphatic rings. The summed E-state index contributed by atoms with van der Waals surface area (Å²) in [5.74, 6) is 0. The van der Waals surface area contributed by atoms with Crippen LogP contribution in [-0.4, -0.2) is 16.8 Å². The van der Waals surface area contributed by atoms with E-state index in [1.807, 2.05) is 0 Å². The van der Waals surface area contributed by atoms with Crippen LogP contribution >= 0.6 is 0 Å². The lowest BCUT2D eigenvalue weighted by molar-refractivity contribution is -0.477. The Morgan fingerprint density at radius 2 is 1.66 bits per heavy atom. The van der Waals surface area contributed by atoms with E-state index in [0.29, 0.717) is 6.04 Å². The highest BCUT2D eigenvalue weighted by Gasteiger charge is 2.31. The minimum absolute atomic E-state index is 0.158. The van der Waals surface area contributed by atoms with Crippen LogP contribution in [0.4, 0.5) is 0 Å². The zero-order chi connectivity index (χ0) is 20.2. The van der Waals surface area contributed by atoms with Crippen molar-refractivity contribution in [2.45, 2.75) is 33.7 Å². The SMILES string of the molecule is C[C@@H]([N+]1=CC2=C=Cc3ccccc3C2=c2c(ccc3ccccc23)=C1)C(C)(C)C. The normalized spacial score (nSPS) is 16.1. The summed E-state index contributed by atoms with van der Waals surface area (Å²) in [6.45, 7) is 9.21. The number of fused-ring (bicyclic) bond motifs is 6. The molecule has 3 aromatic rings. The van der Waals surface area contributed by atoms with Crippen LogP contribution in [0.5, 0.6) is 0 Å². The van der Waals surface area contributed by atoms with Crippen molar-refractivity contribution in [3.05, 3.63) is 93.5 Å². The summed E-state index contributed by atoms with van der Waals surface area (Å²) in [4.78, 5) is 0. The summed E-state index contributed by atoms with van der Waals surface area (Å²) in [5.41, 5.74) is 8.72. The molecule has 5 rings (SSSR count). The summed E-state index contributed by atoms with van der Waals surface area (Å²) < 4.78 is 2.38. The predicted octanol–water partition coefficient (Wildman–Crippen LogP) is 4.86. The molecule has 1 nitrogen and oxygen atoms in total. The molecule has 1 heteroatoms. The highest BCUT2D eigenvalue weighted by molar-refractivity contribution is 6.05. The minimum Gasteiger partial charge on any atom is -0.200 e. The quantitative estimate of drug-likeness (QED) is 0.421. The molecule has 0 N–H and O–H groups in total. The summed E-state index contributed by atoms with van der Waals surface area (Å²) in [6.07, 6.45) is 6.73. The molecule has 0 spiro atoms. The van der Waals surface area contributed by atoms with Gasteiger partial charge in [0.25, 0.3) is 0 Å². The van der Waals surface area contributed by atoms with Gasteiger partial charge in [-0.1, -0.05) is 75.4 Å². The molecule has 1 atom stereocenters. The molecule has 0 bridgehead atoms. The van der Waals surface area contributed by atoms with E-state index in [2.05, 4.69) is 117 Å². The standard InChI is InChI=1S/C28H26N/c1-19(28(2,3)4)29-17-22-15-13-20-9-5-7-11-24(20)26(22)27-23(18-29)16-14-21-10-6-8-12-25(21)27/h5-15,17-19H,1-4H3/q+1/t19-/m1/s1. The third-order valence-electron chi connectivity index (χ3n) is 6.36. The maximum Gasteiger partial charge on any atom is 0.184 e. The molecule has 0 unspecified atom stereocenters. The van der Waals surface area contributed by atoms with Gasteiger partial charge in [0.05, 0.1) is 5.57 Å². The highest BCUT2D eigenvalue weighted by Crippen LogP contribution is 2.29. The highest BCUT2D eigenvalue weighted by atomic mass is 15.0. The average Bonchev–Trinajstić information content (AvgIpc) is 2.89. The third kappa shape index (κ3) is 2.90. The van der Waals surface area contributed by atoms with Gasteiger partial charge in [-0.15, -0.1) is 5.73 Å². The summed E-state index contributed by atoms with van der Waals surface area (Å²) >= 11 is 0. The van der Waals surface area contributed by atoms with Crippen LogP contribution in [0.15, 0.2) is 72.0 Å². The fraction of sp³-hybridized carbons (Fsp3) is 0.214.